The fourth-order valence-corrected chi connectivity index (χ4v) is 4.41. The van der Waals surface area contributed by atoms with E-state index < -0.39 is 5.97 Å². The van der Waals surface area contributed by atoms with E-state index >= 15 is 0 Å². The highest BCUT2D eigenvalue weighted by molar-refractivity contribution is 7.12. The van der Waals surface area contributed by atoms with E-state index in [2.05, 4.69) is 19.2 Å². The predicted octanol–water partition coefficient (Wildman–Crippen LogP) is 3.01. The molecule has 0 bridgehead atoms. The van der Waals surface area contributed by atoms with Crippen molar-refractivity contribution in [3.63, 3.8) is 0 Å². The van der Waals surface area contributed by atoms with Crippen LogP contribution in [-0.4, -0.2) is 55.4 Å². The van der Waals surface area contributed by atoms with E-state index in [4.69, 9.17) is 4.74 Å². The molecule has 1 aromatic rings. The SMILES string of the molecule is COC(=O)c1scc(C)c1NC(=O)C[N+]1(CC(C)=O)CCC(C)(C)CC1. The first-order valence-corrected chi connectivity index (χ1v) is 9.76. The van der Waals surface area contributed by atoms with Crippen LogP contribution in [0.4, 0.5) is 5.69 Å². The minimum absolute atomic E-state index is 0.0967. The molecule has 1 saturated heterocycles. The quantitative estimate of drug-likeness (QED) is 0.607. The number of amides is 1. The summed E-state index contributed by atoms with van der Waals surface area (Å²) in [7, 11) is 1.32. The third-order valence-corrected chi connectivity index (χ3v) is 6.25. The first-order valence-electron chi connectivity index (χ1n) is 8.88. The molecule has 1 aromatic heterocycles. The highest BCUT2D eigenvalue weighted by Crippen LogP contribution is 2.34. The highest BCUT2D eigenvalue weighted by atomic mass is 32.1. The number of hydrogen-bond donors (Lipinski definition) is 1. The number of esters is 1. The second-order valence-electron chi connectivity index (χ2n) is 8.13. The maximum absolute atomic E-state index is 12.8. The molecular weight excluding hydrogens is 352 g/mol. The van der Waals surface area contributed by atoms with Gasteiger partial charge in [0, 0.05) is 19.8 Å². The van der Waals surface area contributed by atoms with Crippen molar-refractivity contribution in [2.75, 3.05) is 38.6 Å². The number of carbonyl (C=O) groups is 3. The highest BCUT2D eigenvalue weighted by Gasteiger charge is 2.40. The lowest BCUT2D eigenvalue weighted by Gasteiger charge is -2.45. The van der Waals surface area contributed by atoms with Crippen LogP contribution < -0.4 is 5.32 Å². The van der Waals surface area contributed by atoms with E-state index in [0.29, 0.717) is 21.6 Å². The summed E-state index contributed by atoms with van der Waals surface area (Å²) < 4.78 is 5.28. The van der Waals surface area contributed by atoms with Crippen LogP contribution in [0.5, 0.6) is 0 Å². The summed E-state index contributed by atoms with van der Waals surface area (Å²) in [6, 6.07) is 0. The van der Waals surface area contributed by atoms with E-state index in [1.54, 1.807) is 6.92 Å². The van der Waals surface area contributed by atoms with Gasteiger partial charge in [-0.25, -0.2) is 4.79 Å². The number of aryl methyl sites for hydroxylation is 1. The van der Waals surface area contributed by atoms with E-state index in [0.717, 1.165) is 31.5 Å². The van der Waals surface area contributed by atoms with Crippen LogP contribution >= 0.6 is 11.3 Å². The molecule has 6 nitrogen and oxygen atoms in total. The van der Waals surface area contributed by atoms with E-state index in [1.165, 1.54) is 18.4 Å². The molecule has 0 saturated carbocycles. The normalized spacial score (nSPS) is 18.2. The Bertz CT molecular complexity index is 698. The smallest absolute Gasteiger partial charge is 0.350 e. The lowest BCUT2D eigenvalue weighted by molar-refractivity contribution is -0.919. The van der Waals surface area contributed by atoms with Crippen molar-refractivity contribution in [3.05, 3.63) is 15.8 Å². The molecule has 144 valence electrons. The number of piperidine rings is 1. The van der Waals surface area contributed by atoms with Crippen molar-refractivity contribution in [1.82, 2.24) is 0 Å². The Balaban J connectivity index is 2.15. The molecule has 26 heavy (non-hydrogen) atoms. The molecular formula is C19H29N2O4S+. The zero-order valence-electron chi connectivity index (χ0n) is 16.3. The van der Waals surface area contributed by atoms with Gasteiger partial charge in [-0.1, -0.05) is 13.8 Å². The van der Waals surface area contributed by atoms with Crippen LogP contribution in [0.1, 0.15) is 48.8 Å². The van der Waals surface area contributed by atoms with Gasteiger partial charge in [0.15, 0.2) is 12.3 Å². The molecule has 0 aliphatic carbocycles. The van der Waals surface area contributed by atoms with Crippen LogP contribution in [0.3, 0.4) is 0 Å². The first kappa shape index (κ1) is 20.6. The fourth-order valence-electron chi connectivity index (χ4n) is 3.49. The van der Waals surface area contributed by atoms with Gasteiger partial charge in [-0.2, -0.15) is 0 Å². The zero-order valence-corrected chi connectivity index (χ0v) is 17.1. The van der Waals surface area contributed by atoms with Crippen LogP contribution in [0.2, 0.25) is 0 Å². The van der Waals surface area contributed by atoms with Crippen LogP contribution in [0.15, 0.2) is 5.38 Å². The summed E-state index contributed by atoms with van der Waals surface area (Å²) in [4.78, 5) is 36.8. The molecule has 0 unspecified atom stereocenters. The lowest BCUT2D eigenvalue weighted by Crippen LogP contribution is -2.59. The third-order valence-electron chi connectivity index (χ3n) is 5.17. The second kappa shape index (κ2) is 7.88. The summed E-state index contributed by atoms with van der Waals surface area (Å²) in [6.45, 7) is 10.1. The number of ether oxygens (including phenoxy) is 1. The molecule has 2 heterocycles. The van der Waals surface area contributed by atoms with Gasteiger partial charge in [0.25, 0.3) is 5.91 Å². The number of likely N-dealkylation sites (tertiary alicyclic amines) is 1. The molecule has 1 amide bonds. The number of rotatable bonds is 6. The summed E-state index contributed by atoms with van der Waals surface area (Å²) in [5, 5.41) is 4.71. The van der Waals surface area contributed by atoms with Crippen molar-refractivity contribution in [1.29, 1.82) is 0 Å². The van der Waals surface area contributed by atoms with Crippen molar-refractivity contribution in [2.45, 2.75) is 40.5 Å². The van der Waals surface area contributed by atoms with Gasteiger partial charge in [0.05, 0.1) is 25.9 Å². The monoisotopic (exact) mass is 381 g/mol. The van der Waals surface area contributed by atoms with E-state index in [9.17, 15) is 14.4 Å². The molecule has 0 aromatic carbocycles. The van der Waals surface area contributed by atoms with Gasteiger partial charge in [-0.05, 0) is 23.3 Å². The summed E-state index contributed by atoms with van der Waals surface area (Å²) >= 11 is 1.26. The summed E-state index contributed by atoms with van der Waals surface area (Å²) in [5.41, 5.74) is 1.60. The van der Waals surface area contributed by atoms with Gasteiger partial charge in [-0.15, -0.1) is 11.3 Å². The molecule has 0 spiro atoms. The maximum atomic E-state index is 12.8. The van der Waals surface area contributed by atoms with Gasteiger partial charge >= 0.3 is 5.97 Å². The molecule has 0 atom stereocenters. The van der Waals surface area contributed by atoms with Crippen molar-refractivity contribution in [2.24, 2.45) is 5.41 Å². The second-order valence-corrected chi connectivity index (χ2v) is 9.01. The van der Waals surface area contributed by atoms with Gasteiger partial charge in [0.2, 0.25) is 0 Å². The first-order chi connectivity index (χ1) is 12.1. The molecule has 1 aliphatic heterocycles. The maximum Gasteiger partial charge on any atom is 0.350 e. The van der Waals surface area contributed by atoms with Crippen LogP contribution in [-0.2, 0) is 14.3 Å². The Kier molecular flexibility index (Phi) is 6.24. The van der Waals surface area contributed by atoms with Crippen molar-refractivity contribution >= 4 is 34.7 Å². The lowest BCUT2D eigenvalue weighted by atomic mass is 9.81. The van der Waals surface area contributed by atoms with Crippen molar-refractivity contribution in [3.8, 4) is 0 Å². The number of anilines is 1. The molecule has 1 fully saturated rings. The fraction of sp³-hybridized carbons (Fsp3) is 0.632. The number of ketones is 1. The predicted molar refractivity (Wildman–Crippen MR) is 102 cm³/mol. The molecule has 1 N–H and O–H groups in total. The molecule has 2 rings (SSSR count). The Labute approximate surface area is 159 Å². The summed E-state index contributed by atoms with van der Waals surface area (Å²) in [5.74, 6) is -0.525. The van der Waals surface area contributed by atoms with Crippen LogP contribution in [0.25, 0.3) is 0 Å². The number of nitrogens with one attached hydrogen (secondary N) is 1. The van der Waals surface area contributed by atoms with Gasteiger partial charge < -0.3 is 14.5 Å². The number of carbonyl (C=O) groups excluding carboxylic acids is 3. The van der Waals surface area contributed by atoms with Crippen molar-refractivity contribution < 1.29 is 23.6 Å². The largest absolute Gasteiger partial charge is 0.465 e. The van der Waals surface area contributed by atoms with Gasteiger partial charge in [0.1, 0.15) is 11.4 Å². The number of thiophene rings is 1. The average Bonchev–Trinajstić information content (AvgIpc) is 2.90. The zero-order chi connectivity index (χ0) is 19.5. The number of methoxy groups -OCH3 is 1. The standard InChI is InChI=1S/C19H28N2O4S/c1-13-12-26-17(18(24)25-5)16(13)20-15(23)11-21(10-14(2)22)8-6-19(3,4)7-9-21/h12H,6-11H2,1-5H3/p+1. The van der Waals surface area contributed by atoms with E-state index in [1.807, 2.05) is 12.3 Å². The van der Waals surface area contributed by atoms with Gasteiger partial charge in [-0.3, -0.25) is 9.59 Å². The van der Waals surface area contributed by atoms with E-state index in [-0.39, 0.29) is 23.7 Å². The number of nitrogens with zero attached hydrogens (tertiary/aromatic N) is 1. The topological polar surface area (TPSA) is 72.5 Å². The minimum atomic E-state index is -0.453. The number of quaternary nitrogens is 1. The average molecular weight is 382 g/mol. The Hall–Kier alpha value is -1.73. The molecule has 0 radical (unpaired) electrons. The number of Topliss-reactive ketones (excluding diaryl/α,β-unsaturated/α-hetero) is 1. The Morgan fingerprint density at radius 3 is 2.38 bits per heavy atom. The summed E-state index contributed by atoms with van der Waals surface area (Å²) in [6.07, 6.45) is 1.97. The number of hydrogen-bond acceptors (Lipinski definition) is 5. The Morgan fingerprint density at radius 1 is 1.23 bits per heavy atom. The Morgan fingerprint density at radius 2 is 1.85 bits per heavy atom. The molecule has 1 aliphatic rings. The molecule has 7 heteroatoms. The minimum Gasteiger partial charge on any atom is -0.465 e. The van der Waals surface area contributed by atoms with Crippen LogP contribution in [0, 0.1) is 12.3 Å². The third kappa shape index (κ3) is 4.92.